The standard InChI is InChI=1S/C14H20N2OS/c1-14(5-3-2-4-6-14)12(17)9-11-10-16-7-8-18-13(16)15-11/h7-8,10,12,17H,2-6,9H2,1H3. The quantitative estimate of drug-likeness (QED) is 0.924. The second-order valence-electron chi connectivity index (χ2n) is 5.76. The van der Waals surface area contributed by atoms with Gasteiger partial charge in [0.25, 0.3) is 0 Å². The second kappa shape index (κ2) is 4.67. The van der Waals surface area contributed by atoms with Gasteiger partial charge in [-0.1, -0.05) is 26.2 Å². The lowest BCUT2D eigenvalue weighted by molar-refractivity contribution is 0.00986. The minimum Gasteiger partial charge on any atom is -0.392 e. The van der Waals surface area contributed by atoms with Gasteiger partial charge >= 0.3 is 0 Å². The molecule has 3 rings (SSSR count). The van der Waals surface area contributed by atoms with Crippen LogP contribution in [0.25, 0.3) is 4.96 Å². The van der Waals surface area contributed by atoms with Gasteiger partial charge in [0.1, 0.15) is 0 Å². The Labute approximate surface area is 111 Å². The highest BCUT2D eigenvalue weighted by Crippen LogP contribution is 2.39. The highest BCUT2D eigenvalue weighted by Gasteiger charge is 2.34. The van der Waals surface area contributed by atoms with Gasteiger partial charge in [0.05, 0.1) is 11.8 Å². The van der Waals surface area contributed by atoms with Gasteiger partial charge in [-0.3, -0.25) is 4.40 Å². The van der Waals surface area contributed by atoms with E-state index in [1.54, 1.807) is 11.3 Å². The molecule has 0 amide bonds. The van der Waals surface area contributed by atoms with Crippen LogP contribution in [0.15, 0.2) is 17.8 Å². The largest absolute Gasteiger partial charge is 0.392 e. The lowest BCUT2D eigenvalue weighted by Gasteiger charge is -2.37. The summed E-state index contributed by atoms with van der Waals surface area (Å²) in [6, 6.07) is 0. The molecule has 1 unspecified atom stereocenters. The predicted octanol–water partition coefficient (Wildman–Crippen LogP) is 3.27. The van der Waals surface area contributed by atoms with Crippen LogP contribution in [-0.4, -0.2) is 20.6 Å². The predicted molar refractivity (Wildman–Crippen MR) is 74.0 cm³/mol. The molecule has 18 heavy (non-hydrogen) atoms. The fraction of sp³-hybridized carbons (Fsp3) is 0.643. The van der Waals surface area contributed by atoms with Crippen LogP contribution in [0.3, 0.4) is 0 Å². The Morgan fingerprint density at radius 2 is 2.22 bits per heavy atom. The molecule has 1 saturated carbocycles. The first kappa shape index (κ1) is 12.2. The van der Waals surface area contributed by atoms with E-state index in [0.29, 0.717) is 6.42 Å². The van der Waals surface area contributed by atoms with Crippen molar-refractivity contribution in [3.05, 3.63) is 23.5 Å². The topological polar surface area (TPSA) is 37.5 Å². The molecule has 3 nitrogen and oxygen atoms in total. The van der Waals surface area contributed by atoms with Crippen molar-refractivity contribution in [1.29, 1.82) is 0 Å². The summed E-state index contributed by atoms with van der Waals surface area (Å²) in [6.45, 7) is 2.23. The molecule has 1 atom stereocenters. The summed E-state index contributed by atoms with van der Waals surface area (Å²) in [5, 5.41) is 12.5. The Balaban J connectivity index is 1.73. The van der Waals surface area contributed by atoms with Gasteiger partial charge in [0, 0.05) is 24.2 Å². The number of rotatable bonds is 3. The van der Waals surface area contributed by atoms with E-state index in [2.05, 4.69) is 11.9 Å². The van der Waals surface area contributed by atoms with E-state index in [1.165, 1.54) is 19.3 Å². The molecule has 98 valence electrons. The molecule has 0 bridgehead atoms. The molecular formula is C14H20N2OS. The van der Waals surface area contributed by atoms with Crippen LogP contribution in [0.1, 0.15) is 44.7 Å². The van der Waals surface area contributed by atoms with Crippen LogP contribution in [-0.2, 0) is 6.42 Å². The van der Waals surface area contributed by atoms with Crippen LogP contribution < -0.4 is 0 Å². The van der Waals surface area contributed by atoms with E-state index in [4.69, 9.17) is 0 Å². The van der Waals surface area contributed by atoms with Gasteiger partial charge in [0.15, 0.2) is 4.96 Å². The minimum absolute atomic E-state index is 0.0926. The Morgan fingerprint density at radius 1 is 1.44 bits per heavy atom. The van der Waals surface area contributed by atoms with Crippen LogP contribution in [0.4, 0.5) is 0 Å². The molecule has 1 N–H and O–H groups in total. The number of aliphatic hydroxyl groups is 1. The minimum atomic E-state index is -0.262. The third kappa shape index (κ3) is 2.19. The molecule has 2 aromatic rings. The zero-order valence-corrected chi connectivity index (χ0v) is 11.6. The molecule has 2 aromatic heterocycles. The van der Waals surface area contributed by atoms with Crippen molar-refractivity contribution >= 4 is 16.3 Å². The van der Waals surface area contributed by atoms with E-state index in [9.17, 15) is 5.11 Å². The summed E-state index contributed by atoms with van der Waals surface area (Å²) < 4.78 is 2.04. The summed E-state index contributed by atoms with van der Waals surface area (Å²) in [5.74, 6) is 0. The number of aromatic nitrogens is 2. The number of aliphatic hydroxyl groups excluding tert-OH is 1. The fourth-order valence-electron chi connectivity index (χ4n) is 3.01. The van der Waals surface area contributed by atoms with E-state index in [-0.39, 0.29) is 11.5 Å². The maximum Gasteiger partial charge on any atom is 0.193 e. The van der Waals surface area contributed by atoms with Gasteiger partial charge in [-0.05, 0) is 18.3 Å². The van der Waals surface area contributed by atoms with Gasteiger partial charge in [-0.2, -0.15) is 0 Å². The summed E-state index contributed by atoms with van der Waals surface area (Å²) in [5.41, 5.74) is 1.11. The molecule has 2 heterocycles. The van der Waals surface area contributed by atoms with Crippen molar-refractivity contribution in [3.8, 4) is 0 Å². The maximum absolute atomic E-state index is 10.5. The zero-order valence-electron chi connectivity index (χ0n) is 10.8. The van der Waals surface area contributed by atoms with Crippen LogP contribution in [0, 0.1) is 5.41 Å². The van der Waals surface area contributed by atoms with Crippen molar-refractivity contribution in [2.45, 2.75) is 51.6 Å². The number of nitrogens with zero attached hydrogens (tertiary/aromatic N) is 2. The summed E-state index contributed by atoms with van der Waals surface area (Å²) in [6.07, 6.45) is 10.6. The van der Waals surface area contributed by atoms with Crippen molar-refractivity contribution in [2.24, 2.45) is 5.41 Å². The van der Waals surface area contributed by atoms with Crippen molar-refractivity contribution < 1.29 is 5.11 Å². The smallest absolute Gasteiger partial charge is 0.193 e. The Kier molecular flexibility index (Phi) is 3.16. The van der Waals surface area contributed by atoms with E-state index in [0.717, 1.165) is 23.5 Å². The maximum atomic E-state index is 10.5. The molecule has 1 fully saturated rings. The normalized spacial score (nSPS) is 21.2. The third-order valence-corrected chi connectivity index (χ3v) is 5.12. The lowest BCUT2D eigenvalue weighted by Crippen LogP contribution is -2.35. The number of imidazole rings is 1. The Bertz CT molecular complexity index is 496. The van der Waals surface area contributed by atoms with Crippen molar-refractivity contribution in [3.63, 3.8) is 0 Å². The average molecular weight is 264 g/mol. The van der Waals surface area contributed by atoms with Gasteiger partial charge < -0.3 is 5.11 Å². The van der Waals surface area contributed by atoms with E-state index >= 15 is 0 Å². The lowest BCUT2D eigenvalue weighted by atomic mass is 9.71. The SMILES string of the molecule is CC1(C(O)Cc2cn3ccsc3n2)CCCCC1. The molecule has 0 aromatic carbocycles. The first-order valence-electron chi connectivity index (χ1n) is 6.76. The van der Waals surface area contributed by atoms with Crippen LogP contribution >= 0.6 is 11.3 Å². The third-order valence-electron chi connectivity index (χ3n) is 4.35. The molecule has 0 saturated heterocycles. The fourth-order valence-corrected chi connectivity index (χ4v) is 3.73. The number of thiazole rings is 1. The first-order valence-corrected chi connectivity index (χ1v) is 7.64. The molecule has 1 aliphatic carbocycles. The number of hydrogen-bond donors (Lipinski definition) is 1. The summed E-state index contributed by atoms with van der Waals surface area (Å²) in [7, 11) is 0. The number of fused-ring (bicyclic) bond motifs is 1. The van der Waals surface area contributed by atoms with Gasteiger partial charge in [-0.25, -0.2) is 4.98 Å². The highest BCUT2D eigenvalue weighted by atomic mass is 32.1. The first-order chi connectivity index (χ1) is 8.67. The molecule has 0 radical (unpaired) electrons. The molecule has 4 heteroatoms. The van der Waals surface area contributed by atoms with Crippen molar-refractivity contribution in [1.82, 2.24) is 9.38 Å². The molecule has 1 aliphatic rings. The van der Waals surface area contributed by atoms with E-state index in [1.807, 2.05) is 22.2 Å². The molecule has 0 spiro atoms. The number of hydrogen-bond acceptors (Lipinski definition) is 3. The monoisotopic (exact) mass is 264 g/mol. The van der Waals surface area contributed by atoms with E-state index < -0.39 is 0 Å². The van der Waals surface area contributed by atoms with Crippen LogP contribution in [0.5, 0.6) is 0 Å². The Morgan fingerprint density at radius 3 is 2.94 bits per heavy atom. The summed E-state index contributed by atoms with van der Waals surface area (Å²) in [4.78, 5) is 5.58. The van der Waals surface area contributed by atoms with Crippen LogP contribution in [0.2, 0.25) is 0 Å². The molecule has 0 aliphatic heterocycles. The average Bonchev–Trinajstić information content (AvgIpc) is 2.90. The molecular weight excluding hydrogens is 244 g/mol. The highest BCUT2D eigenvalue weighted by molar-refractivity contribution is 7.15. The van der Waals surface area contributed by atoms with Gasteiger partial charge in [0.2, 0.25) is 0 Å². The van der Waals surface area contributed by atoms with Crippen molar-refractivity contribution in [2.75, 3.05) is 0 Å². The Hall–Kier alpha value is -0.870. The summed E-state index contributed by atoms with van der Waals surface area (Å²) >= 11 is 1.64. The zero-order chi connectivity index (χ0) is 12.6. The van der Waals surface area contributed by atoms with Gasteiger partial charge in [-0.15, -0.1) is 11.3 Å². The second-order valence-corrected chi connectivity index (χ2v) is 6.63.